The van der Waals surface area contributed by atoms with Gasteiger partial charge in [-0.15, -0.1) is 0 Å². The van der Waals surface area contributed by atoms with Gasteiger partial charge in [-0.3, -0.25) is 0 Å². The Morgan fingerprint density at radius 1 is 1.11 bits per heavy atom. The predicted molar refractivity (Wildman–Crippen MR) is 78.0 cm³/mol. The van der Waals surface area contributed by atoms with Crippen molar-refractivity contribution in [1.29, 1.82) is 0 Å². The highest BCUT2D eigenvalue weighted by atomic mass is 35.5. The van der Waals surface area contributed by atoms with E-state index in [-0.39, 0.29) is 12.5 Å². The lowest BCUT2D eigenvalue weighted by Crippen LogP contribution is -2.09. The average molecular weight is 277 g/mol. The molecule has 0 saturated carbocycles. The minimum absolute atomic E-state index is 0.0231. The van der Waals surface area contributed by atoms with Crippen LogP contribution in [0.1, 0.15) is 17.0 Å². The number of rotatable bonds is 5. The molecular formula is C16H17ClO2. The molecule has 0 aliphatic carbocycles. The third-order valence-corrected chi connectivity index (χ3v) is 3.57. The Bertz CT molecular complexity index is 540. The maximum atomic E-state index is 9.63. The zero-order valence-electron chi connectivity index (χ0n) is 10.8. The molecule has 2 rings (SSSR count). The van der Waals surface area contributed by atoms with Crippen LogP contribution in [0.5, 0.6) is 5.75 Å². The van der Waals surface area contributed by atoms with Gasteiger partial charge in [-0.2, -0.15) is 0 Å². The van der Waals surface area contributed by atoms with Crippen LogP contribution in [0.15, 0.2) is 48.5 Å². The number of aliphatic hydroxyl groups is 1. The van der Waals surface area contributed by atoms with E-state index in [1.54, 1.807) is 7.11 Å². The topological polar surface area (TPSA) is 29.5 Å². The standard InChI is InChI=1S/C16H17ClO2/c1-19-16-9-5-2-6-12(16)10-13(11-18)14-7-3-4-8-15(14)17/h2-9,13,18H,10-11H2,1H3. The van der Waals surface area contributed by atoms with E-state index in [0.29, 0.717) is 11.4 Å². The maximum Gasteiger partial charge on any atom is 0.122 e. The predicted octanol–water partition coefficient (Wildman–Crippen LogP) is 3.67. The van der Waals surface area contributed by atoms with Crippen LogP contribution in [0.3, 0.4) is 0 Å². The second-order valence-corrected chi connectivity index (χ2v) is 4.82. The van der Waals surface area contributed by atoms with Gasteiger partial charge in [0.1, 0.15) is 5.75 Å². The van der Waals surface area contributed by atoms with Gasteiger partial charge >= 0.3 is 0 Å². The molecule has 0 saturated heterocycles. The Morgan fingerprint density at radius 3 is 2.47 bits per heavy atom. The van der Waals surface area contributed by atoms with E-state index < -0.39 is 0 Å². The van der Waals surface area contributed by atoms with Gasteiger partial charge in [-0.25, -0.2) is 0 Å². The first-order valence-electron chi connectivity index (χ1n) is 6.23. The third-order valence-electron chi connectivity index (χ3n) is 3.22. The molecule has 0 heterocycles. The van der Waals surface area contributed by atoms with Crippen molar-refractivity contribution in [3.8, 4) is 5.75 Å². The first-order valence-corrected chi connectivity index (χ1v) is 6.61. The monoisotopic (exact) mass is 276 g/mol. The summed E-state index contributed by atoms with van der Waals surface area (Å²) in [4.78, 5) is 0. The van der Waals surface area contributed by atoms with E-state index in [2.05, 4.69) is 0 Å². The summed E-state index contributed by atoms with van der Waals surface area (Å²) >= 11 is 6.20. The van der Waals surface area contributed by atoms with Crippen LogP contribution < -0.4 is 4.74 Å². The van der Waals surface area contributed by atoms with Gasteiger partial charge in [0.15, 0.2) is 0 Å². The largest absolute Gasteiger partial charge is 0.496 e. The number of ether oxygens (including phenoxy) is 1. The normalized spacial score (nSPS) is 12.2. The van der Waals surface area contributed by atoms with Crippen LogP contribution in [0, 0.1) is 0 Å². The maximum absolute atomic E-state index is 9.63. The molecule has 1 unspecified atom stereocenters. The van der Waals surface area contributed by atoms with Crippen LogP contribution in [-0.2, 0) is 6.42 Å². The van der Waals surface area contributed by atoms with E-state index in [9.17, 15) is 5.11 Å². The van der Waals surface area contributed by atoms with Crippen LogP contribution in [0.2, 0.25) is 5.02 Å². The van der Waals surface area contributed by atoms with Crippen LogP contribution >= 0.6 is 11.6 Å². The number of benzene rings is 2. The quantitative estimate of drug-likeness (QED) is 0.903. The Labute approximate surface area is 118 Å². The molecule has 100 valence electrons. The summed E-state index contributed by atoms with van der Waals surface area (Å²) in [5.41, 5.74) is 2.04. The number of para-hydroxylation sites is 1. The van der Waals surface area contributed by atoms with Gasteiger partial charge in [-0.05, 0) is 29.7 Å². The first-order chi connectivity index (χ1) is 9.26. The molecular weight excluding hydrogens is 260 g/mol. The molecule has 3 heteroatoms. The summed E-state index contributed by atoms with van der Waals surface area (Å²) in [6, 6.07) is 15.5. The molecule has 1 atom stereocenters. The molecule has 2 aromatic rings. The zero-order chi connectivity index (χ0) is 13.7. The molecule has 2 aromatic carbocycles. The number of hydrogen-bond donors (Lipinski definition) is 1. The lowest BCUT2D eigenvalue weighted by molar-refractivity contribution is 0.263. The van der Waals surface area contributed by atoms with Crippen molar-refractivity contribution in [2.24, 2.45) is 0 Å². The molecule has 1 N–H and O–H groups in total. The zero-order valence-corrected chi connectivity index (χ0v) is 11.6. The Balaban J connectivity index is 2.27. The molecule has 19 heavy (non-hydrogen) atoms. The van der Waals surface area contributed by atoms with E-state index in [4.69, 9.17) is 16.3 Å². The van der Waals surface area contributed by atoms with Gasteiger partial charge in [0.25, 0.3) is 0 Å². The van der Waals surface area contributed by atoms with Crippen molar-refractivity contribution in [2.75, 3.05) is 13.7 Å². The molecule has 0 aromatic heterocycles. The summed E-state index contributed by atoms with van der Waals surface area (Å²) in [5, 5.41) is 10.3. The Kier molecular flexibility index (Phi) is 4.83. The summed E-state index contributed by atoms with van der Waals surface area (Å²) in [6.07, 6.45) is 0.699. The second kappa shape index (κ2) is 6.60. The molecule has 0 aliphatic heterocycles. The second-order valence-electron chi connectivity index (χ2n) is 4.42. The molecule has 0 fully saturated rings. The lowest BCUT2D eigenvalue weighted by Gasteiger charge is -2.17. The van der Waals surface area contributed by atoms with Gasteiger partial charge in [0, 0.05) is 10.9 Å². The van der Waals surface area contributed by atoms with Crippen molar-refractivity contribution < 1.29 is 9.84 Å². The molecule has 0 amide bonds. The van der Waals surface area contributed by atoms with E-state index >= 15 is 0 Å². The van der Waals surface area contributed by atoms with Gasteiger partial charge in [0.2, 0.25) is 0 Å². The van der Waals surface area contributed by atoms with Gasteiger partial charge < -0.3 is 9.84 Å². The SMILES string of the molecule is COc1ccccc1CC(CO)c1ccccc1Cl. The van der Waals surface area contributed by atoms with Gasteiger partial charge in [0.05, 0.1) is 13.7 Å². The summed E-state index contributed by atoms with van der Waals surface area (Å²) < 4.78 is 5.34. The van der Waals surface area contributed by atoms with Crippen LogP contribution in [0.25, 0.3) is 0 Å². The fourth-order valence-electron chi connectivity index (χ4n) is 2.22. The number of methoxy groups -OCH3 is 1. The third kappa shape index (κ3) is 3.28. The minimum atomic E-state index is -0.0231. The van der Waals surface area contributed by atoms with Crippen LogP contribution in [-0.4, -0.2) is 18.8 Å². The fourth-order valence-corrected chi connectivity index (χ4v) is 2.51. The van der Waals surface area contributed by atoms with E-state index in [1.807, 2.05) is 48.5 Å². The average Bonchev–Trinajstić information content (AvgIpc) is 2.46. The van der Waals surface area contributed by atoms with E-state index in [1.165, 1.54) is 0 Å². The molecule has 0 bridgehead atoms. The fraction of sp³-hybridized carbons (Fsp3) is 0.250. The number of halogens is 1. The van der Waals surface area contributed by atoms with Gasteiger partial charge in [-0.1, -0.05) is 48.0 Å². The van der Waals surface area contributed by atoms with Crippen LogP contribution in [0.4, 0.5) is 0 Å². The molecule has 0 radical (unpaired) electrons. The molecule has 0 aliphatic rings. The summed E-state index contributed by atoms with van der Waals surface area (Å²) in [6.45, 7) is 0.0573. The van der Waals surface area contributed by atoms with Crippen molar-refractivity contribution in [2.45, 2.75) is 12.3 Å². The lowest BCUT2D eigenvalue weighted by atomic mass is 9.92. The van der Waals surface area contributed by atoms with Crippen molar-refractivity contribution in [3.05, 3.63) is 64.7 Å². The highest BCUT2D eigenvalue weighted by Crippen LogP contribution is 2.30. The number of aliphatic hydroxyl groups excluding tert-OH is 1. The first kappa shape index (κ1) is 13.9. The Morgan fingerprint density at radius 2 is 1.79 bits per heavy atom. The highest BCUT2D eigenvalue weighted by molar-refractivity contribution is 6.31. The smallest absolute Gasteiger partial charge is 0.122 e. The molecule has 2 nitrogen and oxygen atoms in total. The highest BCUT2D eigenvalue weighted by Gasteiger charge is 2.16. The molecule has 0 spiro atoms. The number of hydrogen-bond acceptors (Lipinski definition) is 2. The Hall–Kier alpha value is -1.51. The summed E-state index contributed by atoms with van der Waals surface area (Å²) in [7, 11) is 1.66. The van der Waals surface area contributed by atoms with Crippen molar-refractivity contribution in [1.82, 2.24) is 0 Å². The van der Waals surface area contributed by atoms with Crippen molar-refractivity contribution >= 4 is 11.6 Å². The van der Waals surface area contributed by atoms with E-state index in [0.717, 1.165) is 16.9 Å². The minimum Gasteiger partial charge on any atom is -0.496 e. The summed E-state index contributed by atoms with van der Waals surface area (Å²) in [5.74, 6) is 0.818. The van der Waals surface area contributed by atoms with Crippen molar-refractivity contribution in [3.63, 3.8) is 0 Å².